The summed E-state index contributed by atoms with van der Waals surface area (Å²) in [6, 6.07) is 18.6. The predicted molar refractivity (Wildman–Crippen MR) is 142 cm³/mol. The summed E-state index contributed by atoms with van der Waals surface area (Å²) in [5.74, 6) is 1.83. The largest absolute Gasteiger partial charge is 0.0804 e. The summed E-state index contributed by atoms with van der Waals surface area (Å²) in [5.41, 5.74) is 8.61. The summed E-state index contributed by atoms with van der Waals surface area (Å²) in [4.78, 5) is 0. The second-order valence-electron chi connectivity index (χ2n) is 10.2. The molecule has 32 heavy (non-hydrogen) atoms. The lowest BCUT2D eigenvalue weighted by Crippen LogP contribution is -2.05. The Morgan fingerprint density at radius 2 is 1.03 bits per heavy atom. The summed E-state index contributed by atoms with van der Waals surface area (Å²) >= 11 is 0. The van der Waals surface area contributed by atoms with Crippen LogP contribution in [-0.4, -0.2) is 0 Å². The summed E-state index contributed by atoms with van der Waals surface area (Å²) in [6.45, 7) is 4.61. The fourth-order valence-electron chi connectivity index (χ4n) is 5.67. The zero-order chi connectivity index (χ0) is 22.2. The normalized spacial score (nSPS) is 21.2. The molecular weight excluding hydrogens is 384 g/mol. The van der Waals surface area contributed by atoms with Gasteiger partial charge in [-0.2, -0.15) is 0 Å². The van der Waals surface area contributed by atoms with E-state index in [1.807, 2.05) is 0 Å². The first-order chi connectivity index (χ1) is 15.8. The predicted octanol–water partition coefficient (Wildman–Crippen LogP) is 10.1. The highest BCUT2D eigenvalue weighted by molar-refractivity contribution is 5.73. The van der Waals surface area contributed by atoms with Crippen LogP contribution in [0.2, 0.25) is 0 Å². The number of hydrogen-bond acceptors (Lipinski definition) is 0. The molecule has 170 valence electrons. The van der Waals surface area contributed by atoms with Gasteiger partial charge in [0.05, 0.1) is 0 Å². The standard InChI is InChI=1S/C32H42/c1-3-5-6-8-26-11-15-28(16-12-26)30-19-23-32(24-20-30)31-21-17-29(18-22-31)27-13-9-25(7-4-2)10-14-27/h13,15,17-26H,3-12,14,16H2,1-2H3. The average molecular weight is 427 g/mol. The van der Waals surface area contributed by atoms with Gasteiger partial charge in [-0.05, 0) is 83.8 Å². The van der Waals surface area contributed by atoms with Crippen molar-refractivity contribution < 1.29 is 0 Å². The van der Waals surface area contributed by atoms with Gasteiger partial charge >= 0.3 is 0 Å². The highest BCUT2D eigenvalue weighted by Gasteiger charge is 2.16. The Hall–Kier alpha value is -2.08. The van der Waals surface area contributed by atoms with Gasteiger partial charge in [-0.1, -0.05) is 113 Å². The first-order valence-electron chi connectivity index (χ1n) is 13.4. The molecule has 0 saturated carbocycles. The van der Waals surface area contributed by atoms with E-state index in [9.17, 15) is 0 Å². The van der Waals surface area contributed by atoms with Crippen LogP contribution < -0.4 is 0 Å². The second kappa shape index (κ2) is 11.7. The molecular formula is C32H42. The Bertz CT molecular complexity index is 894. The number of benzene rings is 2. The zero-order valence-electron chi connectivity index (χ0n) is 20.4. The van der Waals surface area contributed by atoms with Crippen LogP contribution in [-0.2, 0) is 0 Å². The van der Waals surface area contributed by atoms with E-state index in [1.54, 1.807) is 11.1 Å². The molecule has 4 rings (SSSR count). The monoisotopic (exact) mass is 426 g/mol. The van der Waals surface area contributed by atoms with Crippen molar-refractivity contribution in [3.63, 3.8) is 0 Å². The van der Waals surface area contributed by atoms with Crippen LogP contribution in [0.25, 0.3) is 22.3 Å². The van der Waals surface area contributed by atoms with Crippen molar-refractivity contribution in [3.8, 4) is 11.1 Å². The smallest absolute Gasteiger partial charge is 0.0184 e. The van der Waals surface area contributed by atoms with E-state index in [0.29, 0.717) is 0 Å². The molecule has 0 radical (unpaired) electrons. The van der Waals surface area contributed by atoms with E-state index in [1.165, 1.54) is 99.3 Å². The molecule has 2 aromatic carbocycles. The van der Waals surface area contributed by atoms with Gasteiger partial charge < -0.3 is 0 Å². The molecule has 2 aliphatic rings. The molecule has 0 amide bonds. The van der Waals surface area contributed by atoms with Crippen LogP contribution >= 0.6 is 0 Å². The average Bonchev–Trinajstić information content (AvgIpc) is 2.86. The molecule has 0 saturated heterocycles. The van der Waals surface area contributed by atoms with Crippen molar-refractivity contribution in [2.75, 3.05) is 0 Å². The Morgan fingerprint density at radius 3 is 1.44 bits per heavy atom. The number of unbranched alkanes of at least 4 members (excludes halogenated alkanes) is 2. The Morgan fingerprint density at radius 1 is 0.562 bits per heavy atom. The van der Waals surface area contributed by atoms with Crippen LogP contribution in [0.1, 0.15) is 102 Å². The lowest BCUT2D eigenvalue weighted by atomic mass is 9.83. The lowest BCUT2D eigenvalue weighted by molar-refractivity contribution is 0.428. The summed E-state index contributed by atoms with van der Waals surface area (Å²) < 4.78 is 0. The third-order valence-electron chi connectivity index (χ3n) is 7.80. The highest BCUT2D eigenvalue weighted by atomic mass is 14.2. The maximum absolute atomic E-state index is 2.52. The highest BCUT2D eigenvalue weighted by Crippen LogP contribution is 2.35. The van der Waals surface area contributed by atoms with Crippen molar-refractivity contribution in [1.29, 1.82) is 0 Å². The van der Waals surface area contributed by atoms with Crippen molar-refractivity contribution >= 4 is 11.1 Å². The van der Waals surface area contributed by atoms with Gasteiger partial charge in [0, 0.05) is 0 Å². The maximum atomic E-state index is 2.52. The van der Waals surface area contributed by atoms with Gasteiger partial charge in [0.2, 0.25) is 0 Å². The third kappa shape index (κ3) is 6.03. The fraction of sp³-hybridized carbons (Fsp3) is 0.500. The number of allylic oxidation sites excluding steroid dienone is 4. The first kappa shape index (κ1) is 23.1. The van der Waals surface area contributed by atoms with Gasteiger partial charge in [0.25, 0.3) is 0 Å². The van der Waals surface area contributed by atoms with Crippen molar-refractivity contribution in [3.05, 3.63) is 71.8 Å². The molecule has 2 unspecified atom stereocenters. The molecule has 0 aromatic heterocycles. The Kier molecular flexibility index (Phi) is 8.43. The topological polar surface area (TPSA) is 0 Å². The Labute approximate surface area is 196 Å². The molecule has 0 heteroatoms. The van der Waals surface area contributed by atoms with E-state index >= 15 is 0 Å². The second-order valence-corrected chi connectivity index (χ2v) is 10.2. The quantitative estimate of drug-likeness (QED) is 0.350. The Balaban J connectivity index is 1.35. The van der Waals surface area contributed by atoms with E-state index in [4.69, 9.17) is 0 Å². The van der Waals surface area contributed by atoms with Gasteiger partial charge in [0.1, 0.15) is 0 Å². The van der Waals surface area contributed by atoms with E-state index in [0.717, 1.165) is 11.8 Å². The number of hydrogen-bond donors (Lipinski definition) is 0. The third-order valence-corrected chi connectivity index (χ3v) is 7.80. The van der Waals surface area contributed by atoms with Crippen LogP contribution in [0.4, 0.5) is 0 Å². The fourth-order valence-corrected chi connectivity index (χ4v) is 5.67. The van der Waals surface area contributed by atoms with Crippen LogP contribution in [0.3, 0.4) is 0 Å². The molecule has 0 N–H and O–H groups in total. The van der Waals surface area contributed by atoms with Crippen molar-refractivity contribution in [2.24, 2.45) is 11.8 Å². The molecule has 2 aliphatic carbocycles. The minimum atomic E-state index is 0.910. The summed E-state index contributed by atoms with van der Waals surface area (Å²) in [6.07, 6.45) is 21.0. The molecule has 0 fully saturated rings. The molecule has 0 heterocycles. The van der Waals surface area contributed by atoms with Gasteiger partial charge in [-0.3, -0.25) is 0 Å². The maximum Gasteiger partial charge on any atom is -0.0184 e. The van der Waals surface area contributed by atoms with E-state index in [2.05, 4.69) is 74.5 Å². The first-order valence-corrected chi connectivity index (χ1v) is 13.4. The minimum absolute atomic E-state index is 0.910. The summed E-state index contributed by atoms with van der Waals surface area (Å²) in [7, 11) is 0. The number of rotatable bonds is 9. The van der Waals surface area contributed by atoms with Crippen LogP contribution in [0.5, 0.6) is 0 Å². The van der Waals surface area contributed by atoms with Gasteiger partial charge in [0.15, 0.2) is 0 Å². The SMILES string of the molecule is CCCCCC1CC=C(c2ccc(-c3ccc(C4=CCC(CCC)CC4)cc3)cc2)CC1. The molecule has 2 atom stereocenters. The van der Waals surface area contributed by atoms with Crippen LogP contribution in [0, 0.1) is 11.8 Å². The molecule has 0 bridgehead atoms. The van der Waals surface area contributed by atoms with Crippen molar-refractivity contribution in [1.82, 2.24) is 0 Å². The van der Waals surface area contributed by atoms with E-state index in [-0.39, 0.29) is 0 Å². The lowest BCUT2D eigenvalue weighted by Gasteiger charge is -2.22. The molecule has 0 aliphatic heterocycles. The summed E-state index contributed by atoms with van der Waals surface area (Å²) in [5, 5.41) is 0. The molecule has 2 aromatic rings. The molecule has 0 nitrogen and oxygen atoms in total. The van der Waals surface area contributed by atoms with Gasteiger partial charge in [-0.15, -0.1) is 0 Å². The van der Waals surface area contributed by atoms with Gasteiger partial charge in [-0.25, -0.2) is 0 Å². The minimum Gasteiger partial charge on any atom is -0.0804 e. The molecule has 0 spiro atoms. The van der Waals surface area contributed by atoms with Crippen LogP contribution in [0.15, 0.2) is 60.7 Å². The van der Waals surface area contributed by atoms with E-state index < -0.39 is 0 Å². The zero-order valence-corrected chi connectivity index (χ0v) is 20.4. The van der Waals surface area contributed by atoms with Crippen molar-refractivity contribution in [2.45, 2.75) is 90.9 Å².